The highest BCUT2D eigenvalue weighted by Gasteiger charge is 2.21. The molecule has 1 N–H and O–H groups in total. The Morgan fingerprint density at radius 1 is 1.47 bits per heavy atom. The Morgan fingerprint density at radius 2 is 2.00 bits per heavy atom. The SMILES string of the molecule is COC(C)(C)CNS(=O)(=O)CC(C)CCl. The Kier molecular flexibility index (Phi) is 6.10. The van der Waals surface area contributed by atoms with Crippen molar-refractivity contribution in [3.05, 3.63) is 0 Å². The van der Waals surface area contributed by atoms with Gasteiger partial charge in [0.1, 0.15) is 0 Å². The third-order valence-corrected chi connectivity index (χ3v) is 4.16. The fourth-order valence-corrected chi connectivity index (χ4v) is 2.62. The molecule has 0 amide bonds. The molecule has 0 bridgehead atoms. The van der Waals surface area contributed by atoms with E-state index in [4.69, 9.17) is 16.3 Å². The summed E-state index contributed by atoms with van der Waals surface area (Å²) in [6.07, 6.45) is 0. The van der Waals surface area contributed by atoms with Crippen LogP contribution >= 0.6 is 11.6 Å². The lowest BCUT2D eigenvalue weighted by Crippen LogP contribution is -2.41. The molecule has 4 nitrogen and oxygen atoms in total. The molecule has 1 atom stereocenters. The van der Waals surface area contributed by atoms with Crippen molar-refractivity contribution in [3.63, 3.8) is 0 Å². The van der Waals surface area contributed by atoms with Crippen LogP contribution in [0.2, 0.25) is 0 Å². The normalized spacial score (nSPS) is 15.3. The predicted molar refractivity (Wildman–Crippen MR) is 62.8 cm³/mol. The molecule has 15 heavy (non-hydrogen) atoms. The quantitative estimate of drug-likeness (QED) is 0.698. The highest BCUT2D eigenvalue weighted by Crippen LogP contribution is 2.07. The maximum Gasteiger partial charge on any atom is 0.211 e. The van der Waals surface area contributed by atoms with Crippen LogP contribution in [-0.4, -0.2) is 39.3 Å². The Hall–Kier alpha value is 0.160. The largest absolute Gasteiger partial charge is 0.377 e. The fourth-order valence-electron chi connectivity index (χ4n) is 0.834. The molecule has 0 saturated heterocycles. The number of hydrogen-bond donors (Lipinski definition) is 1. The van der Waals surface area contributed by atoms with Crippen LogP contribution in [0.25, 0.3) is 0 Å². The summed E-state index contributed by atoms with van der Waals surface area (Å²) in [5.41, 5.74) is -0.489. The summed E-state index contributed by atoms with van der Waals surface area (Å²) in [4.78, 5) is 0. The molecular weight excluding hydrogens is 238 g/mol. The predicted octanol–water partition coefficient (Wildman–Crippen LogP) is 1.21. The van der Waals surface area contributed by atoms with Gasteiger partial charge in [0, 0.05) is 19.5 Å². The molecule has 0 aliphatic heterocycles. The first kappa shape index (κ1) is 15.2. The van der Waals surface area contributed by atoms with Crippen LogP contribution in [0.15, 0.2) is 0 Å². The van der Waals surface area contributed by atoms with Crippen molar-refractivity contribution in [3.8, 4) is 0 Å². The van der Waals surface area contributed by atoms with Crippen LogP contribution < -0.4 is 4.72 Å². The van der Waals surface area contributed by atoms with Gasteiger partial charge in [0.15, 0.2) is 0 Å². The maximum atomic E-state index is 11.5. The van der Waals surface area contributed by atoms with Crippen molar-refractivity contribution in [2.45, 2.75) is 26.4 Å². The molecule has 0 aliphatic rings. The Bertz CT molecular complexity index is 277. The highest BCUT2D eigenvalue weighted by atomic mass is 35.5. The average molecular weight is 258 g/mol. The zero-order chi connectivity index (χ0) is 12.1. The Morgan fingerprint density at radius 3 is 2.40 bits per heavy atom. The lowest BCUT2D eigenvalue weighted by atomic mass is 10.1. The second kappa shape index (κ2) is 6.03. The molecule has 0 aromatic rings. The van der Waals surface area contributed by atoms with Crippen LogP contribution in [0.3, 0.4) is 0 Å². The molecule has 0 fully saturated rings. The van der Waals surface area contributed by atoms with E-state index in [2.05, 4.69) is 4.72 Å². The smallest absolute Gasteiger partial charge is 0.211 e. The van der Waals surface area contributed by atoms with E-state index in [0.29, 0.717) is 5.88 Å². The zero-order valence-electron chi connectivity index (χ0n) is 9.71. The van der Waals surface area contributed by atoms with Gasteiger partial charge >= 0.3 is 0 Å². The summed E-state index contributed by atoms with van der Waals surface area (Å²) in [5.74, 6) is 0.347. The number of methoxy groups -OCH3 is 1. The number of ether oxygens (including phenoxy) is 1. The van der Waals surface area contributed by atoms with Crippen molar-refractivity contribution in [1.82, 2.24) is 4.72 Å². The maximum absolute atomic E-state index is 11.5. The third-order valence-electron chi connectivity index (χ3n) is 2.04. The molecule has 1 unspecified atom stereocenters. The molecule has 0 aromatic carbocycles. The summed E-state index contributed by atoms with van der Waals surface area (Å²) in [6, 6.07) is 0. The molecule has 0 heterocycles. The van der Waals surface area contributed by atoms with Crippen LogP contribution in [-0.2, 0) is 14.8 Å². The second-order valence-electron chi connectivity index (χ2n) is 4.33. The minimum atomic E-state index is -3.25. The van der Waals surface area contributed by atoms with Crippen LogP contribution in [0.1, 0.15) is 20.8 Å². The summed E-state index contributed by atoms with van der Waals surface area (Å²) in [5, 5.41) is 0. The topological polar surface area (TPSA) is 55.4 Å². The molecular formula is C9H20ClNO3S. The molecule has 0 aromatic heterocycles. The van der Waals surface area contributed by atoms with Gasteiger partial charge in [-0.1, -0.05) is 6.92 Å². The number of sulfonamides is 1. The van der Waals surface area contributed by atoms with Gasteiger partial charge in [0.2, 0.25) is 10.0 Å². The summed E-state index contributed by atoms with van der Waals surface area (Å²) >= 11 is 5.56. The van der Waals surface area contributed by atoms with E-state index in [-0.39, 0.29) is 18.2 Å². The molecule has 92 valence electrons. The Balaban J connectivity index is 4.17. The van der Waals surface area contributed by atoms with Crippen LogP contribution in [0, 0.1) is 5.92 Å². The number of hydrogen-bond acceptors (Lipinski definition) is 3. The standard InChI is InChI=1S/C9H20ClNO3S/c1-8(5-10)6-15(12,13)11-7-9(2,3)14-4/h8,11H,5-7H2,1-4H3. The molecule has 0 spiro atoms. The van der Waals surface area contributed by atoms with E-state index < -0.39 is 15.6 Å². The molecule has 0 radical (unpaired) electrons. The van der Waals surface area contributed by atoms with Crippen molar-refractivity contribution < 1.29 is 13.2 Å². The van der Waals surface area contributed by atoms with Crippen LogP contribution in [0.5, 0.6) is 0 Å². The molecule has 0 aliphatic carbocycles. The van der Waals surface area contributed by atoms with Gasteiger partial charge < -0.3 is 4.74 Å². The second-order valence-corrected chi connectivity index (χ2v) is 6.49. The van der Waals surface area contributed by atoms with Gasteiger partial charge in [-0.3, -0.25) is 0 Å². The first-order valence-electron chi connectivity index (χ1n) is 4.81. The lowest BCUT2D eigenvalue weighted by Gasteiger charge is -2.23. The third kappa shape index (κ3) is 7.11. The van der Waals surface area contributed by atoms with E-state index in [9.17, 15) is 8.42 Å². The zero-order valence-corrected chi connectivity index (χ0v) is 11.3. The van der Waals surface area contributed by atoms with E-state index in [0.717, 1.165) is 0 Å². The van der Waals surface area contributed by atoms with Gasteiger partial charge in [-0.05, 0) is 19.8 Å². The van der Waals surface area contributed by atoms with E-state index >= 15 is 0 Å². The number of nitrogens with one attached hydrogen (secondary N) is 1. The van der Waals surface area contributed by atoms with E-state index in [1.165, 1.54) is 0 Å². The number of halogens is 1. The van der Waals surface area contributed by atoms with Gasteiger partial charge in [0.05, 0.1) is 11.4 Å². The lowest BCUT2D eigenvalue weighted by molar-refractivity contribution is 0.0276. The van der Waals surface area contributed by atoms with Crippen molar-refractivity contribution >= 4 is 21.6 Å². The van der Waals surface area contributed by atoms with Gasteiger partial charge in [-0.15, -0.1) is 11.6 Å². The minimum Gasteiger partial charge on any atom is -0.377 e. The van der Waals surface area contributed by atoms with Gasteiger partial charge in [-0.2, -0.15) is 0 Å². The van der Waals surface area contributed by atoms with Crippen molar-refractivity contribution in [2.75, 3.05) is 25.3 Å². The molecule has 0 rings (SSSR count). The first-order valence-corrected chi connectivity index (χ1v) is 6.99. The van der Waals surface area contributed by atoms with Gasteiger partial charge in [-0.25, -0.2) is 13.1 Å². The van der Waals surface area contributed by atoms with E-state index in [1.807, 2.05) is 13.8 Å². The van der Waals surface area contributed by atoms with Crippen LogP contribution in [0.4, 0.5) is 0 Å². The van der Waals surface area contributed by atoms with E-state index in [1.54, 1.807) is 14.0 Å². The number of rotatable bonds is 7. The number of alkyl halides is 1. The minimum absolute atomic E-state index is 0.0465. The fraction of sp³-hybridized carbons (Fsp3) is 1.00. The van der Waals surface area contributed by atoms with Crippen molar-refractivity contribution in [1.29, 1.82) is 0 Å². The summed E-state index contributed by atoms with van der Waals surface area (Å²) in [6.45, 7) is 5.70. The molecule has 0 saturated carbocycles. The van der Waals surface area contributed by atoms with Crippen molar-refractivity contribution in [2.24, 2.45) is 5.92 Å². The highest BCUT2D eigenvalue weighted by molar-refractivity contribution is 7.89. The van der Waals surface area contributed by atoms with Gasteiger partial charge in [0.25, 0.3) is 0 Å². The summed E-state index contributed by atoms with van der Waals surface area (Å²) < 4.78 is 30.7. The average Bonchev–Trinajstić information content (AvgIpc) is 2.14. The Labute approximate surface area is 97.4 Å². The molecule has 6 heteroatoms. The monoisotopic (exact) mass is 257 g/mol. The summed E-state index contributed by atoms with van der Waals surface area (Å²) in [7, 11) is -1.70. The first-order chi connectivity index (χ1) is 6.72.